The highest BCUT2D eigenvalue weighted by molar-refractivity contribution is 8.00. The Hall–Kier alpha value is -2.44. The maximum atomic E-state index is 12.7. The minimum atomic E-state index is -3.57. The summed E-state index contributed by atoms with van der Waals surface area (Å²) >= 11 is 0. The first-order chi connectivity index (χ1) is 13.9. The van der Waals surface area contributed by atoms with Crippen LogP contribution in [-0.2, 0) is 16.6 Å². The number of likely N-dealkylation sites (tertiary alicyclic amines) is 1. The molecule has 2 aliphatic rings. The Labute approximate surface area is 173 Å². The molecule has 0 aliphatic carbocycles. The van der Waals surface area contributed by atoms with Crippen molar-refractivity contribution in [2.24, 2.45) is 4.99 Å². The standard InChI is InChI=1S/C23H27N3O2S/c1-17-8-10-20(11-9-17)22-18(2)23(25-29(22,27)28)24-21-12-14-26(15-13-21)16-19-6-4-3-5-7-19/h3-11,21H,12-16H2,1-2H3,(H,24,25). The van der Waals surface area contributed by atoms with Crippen molar-refractivity contribution in [2.45, 2.75) is 39.3 Å². The second-order valence-corrected chi connectivity index (χ2v) is 9.52. The number of amidine groups is 1. The zero-order valence-electron chi connectivity index (χ0n) is 16.9. The second kappa shape index (κ2) is 8.13. The van der Waals surface area contributed by atoms with Gasteiger partial charge in [-0.05, 0) is 37.8 Å². The number of rotatable bonds is 4. The van der Waals surface area contributed by atoms with E-state index in [9.17, 15) is 8.42 Å². The van der Waals surface area contributed by atoms with Crippen molar-refractivity contribution in [1.29, 1.82) is 0 Å². The Morgan fingerprint density at radius 1 is 1.00 bits per heavy atom. The van der Waals surface area contributed by atoms with Gasteiger partial charge in [-0.3, -0.25) is 14.6 Å². The summed E-state index contributed by atoms with van der Waals surface area (Å²) < 4.78 is 28.1. The van der Waals surface area contributed by atoms with E-state index >= 15 is 0 Å². The summed E-state index contributed by atoms with van der Waals surface area (Å²) in [5.41, 5.74) is 3.85. The predicted molar refractivity (Wildman–Crippen MR) is 118 cm³/mol. The lowest BCUT2D eigenvalue weighted by atomic mass is 10.0. The highest BCUT2D eigenvalue weighted by Gasteiger charge is 2.33. The van der Waals surface area contributed by atoms with E-state index < -0.39 is 10.0 Å². The Morgan fingerprint density at radius 2 is 1.66 bits per heavy atom. The van der Waals surface area contributed by atoms with Crippen molar-refractivity contribution in [3.8, 4) is 0 Å². The van der Waals surface area contributed by atoms with Crippen LogP contribution in [0.1, 0.15) is 36.5 Å². The smallest absolute Gasteiger partial charge is 0.264 e. The molecule has 2 aliphatic heterocycles. The fraction of sp³-hybridized carbons (Fsp3) is 0.348. The van der Waals surface area contributed by atoms with Gasteiger partial charge < -0.3 is 0 Å². The first-order valence-corrected chi connectivity index (χ1v) is 11.6. The summed E-state index contributed by atoms with van der Waals surface area (Å²) in [6, 6.07) is 18.2. The number of benzene rings is 2. The molecule has 0 bridgehead atoms. The summed E-state index contributed by atoms with van der Waals surface area (Å²) in [5.74, 6) is 0.502. The van der Waals surface area contributed by atoms with E-state index in [1.807, 2.05) is 44.2 Å². The number of aryl methyl sites for hydroxylation is 1. The Kier molecular flexibility index (Phi) is 5.56. The summed E-state index contributed by atoms with van der Waals surface area (Å²) in [6.45, 7) is 6.72. The average Bonchev–Trinajstić information content (AvgIpc) is 2.93. The van der Waals surface area contributed by atoms with E-state index in [1.54, 1.807) is 0 Å². The molecule has 5 nitrogen and oxygen atoms in total. The number of piperidine rings is 1. The monoisotopic (exact) mass is 409 g/mol. The first-order valence-electron chi connectivity index (χ1n) is 10.1. The minimum Gasteiger partial charge on any atom is -0.299 e. The molecule has 0 spiro atoms. The Morgan fingerprint density at radius 3 is 2.31 bits per heavy atom. The fourth-order valence-electron chi connectivity index (χ4n) is 3.99. The molecular weight excluding hydrogens is 382 g/mol. The van der Waals surface area contributed by atoms with Gasteiger partial charge in [0.05, 0.1) is 6.04 Å². The van der Waals surface area contributed by atoms with Crippen molar-refractivity contribution < 1.29 is 8.42 Å². The lowest BCUT2D eigenvalue weighted by molar-refractivity contribution is 0.206. The topological polar surface area (TPSA) is 61.8 Å². The van der Waals surface area contributed by atoms with Crippen LogP contribution in [0.25, 0.3) is 4.91 Å². The maximum Gasteiger partial charge on any atom is 0.264 e. The molecule has 2 heterocycles. The third-order valence-electron chi connectivity index (χ3n) is 5.63. The molecule has 2 aromatic carbocycles. The van der Waals surface area contributed by atoms with Gasteiger partial charge >= 0.3 is 0 Å². The molecular formula is C23H27N3O2S. The van der Waals surface area contributed by atoms with Crippen LogP contribution in [0.2, 0.25) is 0 Å². The van der Waals surface area contributed by atoms with Crippen molar-refractivity contribution >= 4 is 20.8 Å². The van der Waals surface area contributed by atoms with Crippen LogP contribution < -0.4 is 4.72 Å². The molecule has 6 heteroatoms. The lowest BCUT2D eigenvalue weighted by Crippen LogP contribution is -2.36. The van der Waals surface area contributed by atoms with Gasteiger partial charge in [0.15, 0.2) is 0 Å². The van der Waals surface area contributed by atoms with Crippen LogP contribution in [-0.4, -0.2) is 38.3 Å². The summed E-state index contributed by atoms with van der Waals surface area (Å²) in [6.07, 6.45) is 1.87. The molecule has 1 fully saturated rings. The summed E-state index contributed by atoms with van der Waals surface area (Å²) in [7, 11) is -3.57. The van der Waals surface area contributed by atoms with Crippen LogP contribution >= 0.6 is 0 Å². The van der Waals surface area contributed by atoms with Crippen LogP contribution in [0.4, 0.5) is 0 Å². The minimum absolute atomic E-state index is 0.145. The normalized spacial score (nSPS) is 21.5. The number of hydrogen-bond acceptors (Lipinski definition) is 4. The number of aliphatic imine (C=N–C) groups is 1. The van der Waals surface area contributed by atoms with Crippen LogP contribution in [0.5, 0.6) is 0 Å². The van der Waals surface area contributed by atoms with Crippen molar-refractivity contribution in [3.05, 3.63) is 76.9 Å². The number of nitrogens with one attached hydrogen (secondary N) is 1. The molecule has 4 rings (SSSR count). The highest BCUT2D eigenvalue weighted by atomic mass is 32.2. The maximum absolute atomic E-state index is 12.7. The van der Waals surface area contributed by atoms with Gasteiger partial charge in [-0.1, -0.05) is 60.2 Å². The molecule has 0 saturated carbocycles. The number of hydrogen-bond donors (Lipinski definition) is 1. The molecule has 0 unspecified atom stereocenters. The van der Waals surface area contributed by atoms with Crippen molar-refractivity contribution in [3.63, 3.8) is 0 Å². The molecule has 0 atom stereocenters. The highest BCUT2D eigenvalue weighted by Crippen LogP contribution is 2.30. The Balaban J connectivity index is 1.47. The zero-order chi connectivity index (χ0) is 20.4. The molecule has 0 amide bonds. The van der Waals surface area contributed by atoms with E-state index in [0.717, 1.165) is 38.0 Å². The summed E-state index contributed by atoms with van der Waals surface area (Å²) in [5, 5.41) is 0. The molecule has 29 heavy (non-hydrogen) atoms. The van der Waals surface area contributed by atoms with Crippen molar-refractivity contribution in [1.82, 2.24) is 9.62 Å². The molecule has 0 aromatic heterocycles. The summed E-state index contributed by atoms with van der Waals surface area (Å²) in [4.78, 5) is 7.57. The molecule has 152 valence electrons. The van der Waals surface area contributed by atoms with Crippen LogP contribution in [0.3, 0.4) is 0 Å². The zero-order valence-corrected chi connectivity index (χ0v) is 17.7. The van der Waals surface area contributed by atoms with Gasteiger partial charge in [0.1, 0.15) is 10.7 Å². The first kappa shape index (κ1) is 19.9. The molecule has 2 aromatic rings. The number of sulfonamides is 1. The largest absolute Gasteiger partial charge is 0.299 e. The second-order valence-electron chi connectivity index (χ2n) is 7.90. The molecule has 1 N–H and O–H groups in total. The molecule has 1 saturated heterocycles. The molecule has 0 radical (unpaired) electrons. The van der Waals surface area contributed by atoms with E-state index in [1.165, 1.54) is 5.56 Å². The Bertz CT molecular complexity index is 1030. The van der Waals surface area contributed by atoms with Gasteiger partial charge in [0, 0.05) is 25.2 Å². The van der Waals surface area contributed by atoms with Crippen molar-refractivity contribution in [2.75, 3.05) is 13.1 Å². The predicted octanol–water partition coefficient (Wildman–Crippen LogP) is 3.72. The van der Waals surface area contributed by atoms with Gasteiger partial charge in [-0.25, -0.2) is 8.42 Å². The van der Waals surface area contributed by atoms with E-state index in [0.29, 0.717) is 21.9 Å². The van der Waals surface area contributed by atoms with E-state index in [4.69, 9.17) is 4.99 Å². The third-order valence-corrected chi connectivity index (χ3v) is 7.17. The van der Waals surface area contributed by atoms with Gasteiger partial charge in [-0.15, -0.1) is 0 Å². The van der Waals surface area contributed by atoms with Gasteiger partial charge in [-0.2, -0.15) is 0 Å². The van der Waals surface area contributed by atoms with E-state index in [-0.39, 0.29) is 6.04 Å². The SMILES string of the molecule is CC1=C(c2ccc(C)cc2)S(=O)(=O)NC1=NC1CCN(Cc2ccccc2)CC1. The van der Waals surface area contributed by atoms with Crippen LogP contribution in [0.15, 0.2) is 65.2 Å². The van der Waals surface area contributed by atoms with Gasteiger partial charge in [0.2, 0.25) is 0 Å². The quantitative estimate of drug-likeness (QED) is 0.837. The third kappa shape index (κ3) is 4.43. The lowest BCUT2D eigenvalue weighted by Gasteiger charge is -2.30. The number of nitrogens with zero attached hydrogens (tertiary/aromatic N) is 2. The van der Waals surface area contributed by atoms with E-state index in [2.05, 4.69) is 33.9 Å². The van der Waals surface area contributed by atoms with Crippen LogP contribution in [0, 0.1) is 6.92 Å². The average molecular weight is 410 g/mol. The van der Waals surface area contributed by atoms with Gasteiger partial charge in [0.25, 0.3) is 10.0 Å². The fourth-order valence-corrected chi connectivity index (χ4v) is 5.50.